The van der Waals surface area contributed by atoms with Gasteiger partial charge in [0, 0.05) is 0 Å². The SMILES string of the molecule is Nc1ncnc2c1ncn2[C@@H]1O[C@H](Cn2cc(CO[C@@H]3O[C@H](CO)[C@H](O)[C@H](O)[C@H]3O)nn2)[C@@H](O)[C@H]1O. The Morgan fingerprint density at radius 3 is 2.50 bits per heavy atom. The number of aliphatic hydroxyl groups excluding tert-OH is 6. The summed E-state index contributed by atoms with van der Waals surface area (Å²) >= 11 is 0. The van der Waals surface area contributed by atoms with E-state index in [1.54, 1.807) is 0 Å². The standard InChI is InChI=1S/C19H26N8O9/c20-16-10-17(22-5-21-16)27(6-23-10)18-14(32)11(29)8(35-18)2-26-1-7(24-25-26)4-34-19-15(33)13(31)12(30)9(3-28)36-19/h1,5-6,8-9,11-15,18-19,28-33H,2-4H2,(H2,20,21,22)/t8-,9-,11-,12+,13+,14-,15-,18-,19-/m1/s1. The van der Waals surface area contributed by atoms with Crippen LogP contribution >= 0.6 is 0 Å². The van der Waals surface area contributed by atoms with Gasteiger partial charge in [-0.25, -0.2) is 19.6 Å². The first-order valence-corrected chi connectivity index (χ1v) is 11.0. The quantitative estimate of drug-likeness (QED) is 0.159. The summed E-state index contributed by atoms with van der Waals surface area (Å²) in [6.45, 7) is -0.720. The van der Waals surface area contributed by atoms with Crippen LogP contribution in [0.4, 0.5) is 5.82 Å². The van der Waals surface area contributed by atoms with Crippen molar-refractivity contribution in [2.24, 2.45) is 0 Å². The van der Waals surface area contributed by atoms with Gasteiger partial charge in [0.05, 0.1) is 32.3 Å². The largest absolute Gasteiger partial charge is 0.394 e. The Labute approximate surface area is 202 Å². The topological polar surface area (TPSA) is 249 Å². The second-order valence-electron chi connectivity index (χ2n) is 8.57. The summed E-state index contributed by atoms with van der Waals surface area (Å²) in [5.74, 6) is 0.171. The van der Waals surface area contributed by atoms with Crippen molar-refractivity contribution >= 4 is 17.0 Å². The highest BCUT2D eigenvalue weighted by atomic mass is 16.7. The average Bonchev–Trinajstić information content (AvgIpc) is 3.57. The van der Waals surface area contributed by atoms with Gasteiger partial charge in [-0.15, -0.1) is 5.10 Å². The van der Waals surface area contributed by atoms with Gasteiger partial charge in [-0.2, -0.15) is 0 Å². The Kier molecular flexibility index (Phi) is 6.81. The van der Waals surface area contributed by atoms with Gasteiger partial charge in [-0.3, -0.25) is 4.57 Å². The maximum absolute atomic E-state index is 10.6. The van der Waals surface area contributed by atoms with Crippen LogP contribution in [-0.4, -0.2) is 121 Å². The summed E-state index contributed by atoms with van der Waals surface area (Å²) in [6.07, 6.45) is -7.25. The lowest BCUT2D eigenvalue weighted by atomic mass is 9.99. The number of anilines is 1. The number of aromatic nitrogens is 7. The minimum absolute atomic E-state index is 0.0333. The van der Waals surface area contributed by atoms with Gasteiger partial charge in [0.1, 0.15) is 60.3 Å². The Balaban J connectivity index is 1.21. The van der Waals surface area contributed by atoms with Crippen molar-refractivity contribution in [2.45, 2.75) is 68.4 Å². The van der Waals surface area contributed by atoms with Crippen LogP contribution in [-0.2, 0) is 27.4 Å². The molecule has 0 radical (unpaired) electrons. The van der Waals surface area contributed by atoms with E-state index in [1.807, 2.05) is 0 Å². The van der Waals surface area contributed by atoms with Gasteiger partial charge in [0.25, 0.3) is 0 Å². The van der Waals surface area contributed by atoms with Gasteiger partial charge in [-0.05, 0) is 0 Å². The van der Waals surface area contributed by atoms with Crippen LogP contribution < -0.4 is 5.73 Å². The first-order chi connectivity index (χ1) is 17.3. The molecule has 0 amide bonds. The molecule has 0 aromatic carbocycles. The number of rotatable bonds is 7. The second kappa shape index (κ2) is 9.88. The zero-order valence-electron chi connectivity index (χ0n) is 18.7. The fourth-order valence-electron chi connectivity index (χ4n) is 4.22. The molecule has 17 nitrogen and oxygen atoms in total. The van der Waals surface area contributed by atoms with Crippen LogP contribution in [0.3, 0.4) is 0 Å². The minimum Gasteiger partial charge on any atom is -0.394 e. The number of hydrogen-bond donors (Lipinski definition) is 7. The molecule has 0 bridgehead atoms. The molecule has 0 aliphatic carbocycles. The Morgan fingerprint density at radius 2 is 1.72 bits per heavy atom. The Hall–Kier alpha value is -2.87. The van der Waals surface area contributed by atoms with Crippen molar-refractivity contribution in [3.8, 4) is 0 Å². The number of nitrogens with two attached hydrogens (primary N) is 1. The molecule has 196 valence electrons. The molecule has 2 fully saturated rings. The molecule has 5 rings (SSSR count). The van der Waals surface area contributed by atoms with E-state index in [0.29, 0.717) is 16.9 Å². The number of nitrogen functional groups attached to an aromatic ring is 1. The van der Waals surface area contributed by atoms with Gasteiger partial charge in [-0.1, -0.05) is 5.21 Å². The van der Waals surface area contributed by atoms with Gasteiger partial charge in [0.2, 0.25) is 0 Å². The van der Waals surface area contributed by atoms with Crippen molar-refractivity contribution in [3.63, 3.8) is 0 Å². The molecule has 0 saturated carbocycles. The number of aliphatic hydroxyl groups is 6. The zero-order valence-corrected chi connectivity index (χ0v) is 18.7. The van der Waals surface area contributed by atoms with Gasteiger partial charge < -0.3 is 50.6 Å². The molecule has 2 aliphatic rings. The van der Waals surface area contributed by atoms with E-state index in [2.05, 4.69) is 25.3 Å². The number of nitrogens with zero attached hydrogens (tertiary/aromatic N) is 7. The van der Waals surface area contributed by atoms with Crippen molar-refractivity contribution in [1.29, 1.82) is 0 Å². The molecule has 5 heterocycles. The minimum atomic E-state index is -1.56. The number of hydrogen-bond acceptors (Lipinski definition) is 15. The molecule has 36 heavy (non-hydrogen) atoms. The summed E-state index contributed by atoms with van der Waals surface area (Å²) in [5, 5.41) is 68.1. The third kappa shape index (κ3) is 4.40. The smallest absolute Gasteiger partial charge is 0.187 e. The van der Waals surface area contributed by atoms with E-state index in [1.165, 1.54) is 28.1 Å². The highest BCUT2D eigenvalue weighted by Crippen LogP contribution is 2.32. The predicted octanol–water partition coefficient (Wildman–Crippen LogP) is -4.36. The molecule has 0 unspecified atom stereocenters. The van der Waals surface area contributed by atoms with Crippen molar-refractivity contribution in [2.75, 3.05) is 12.3 Å². The number of imidazole rings is 1. The van der Waals surface area contributed by atoms with Gasteiger partial charge in [0.15, 0.2) is 24.0 Å². The molecule has 8 N–H and O–H groups in total. The number of ether oxygens (including phenoxy) is 3. The maximum atomic E-state index is 10.6. The highest BCUT2D eigenvalue weighted by molar-refractivity contribution is 5.81. The lowest BCUT2D eigenvalue weighted by Gasteiger charge is -2.39. The van der Waals surface area contributed by atoms with Crippen molar-refractivity contribution in [3.05, 3.63) is 24.5 Å². The molecule has 3 aromatic heterocycles. The van der Waals surface area contributed by atoms with Crippen LogP contribution in [0, 0.1) is 0 Å². The molecular weight excluding hydrogens is 484 g/mol. The van der Waals surface area contributed by atoms with E-state index >= 15 is 0 Å². The van der Waals surface area contributed by atoms with E-state index in [4.69, 9.17) is 19.9 Å². The predicted molar refractivity (Wildman–Crippen MR) is 114 cm³/mol. The fourth-order valence-corrected chi connectivity index (χ4v) is 4.22. The third-order valence-electron chi connectivity index (χ3n) is 6.20. The highest BCUT2D eigenvalue weighted by Gasteiger charge is 2.45. The van der Waals surface area contributed by atoms with Crippen molar-refractivity contribution < 1.29 is 44.8 Å². The Bertz CT molecular complexity index is 1190. The van der Waals surface area contributed by atoms with E-state index in [0.717, 1.165) is 0 Å². The van der Waals surface area contributed by atoms with E-state index < -0.39 is 61.9 Å². The van der Waals surface area contributed by atoms with Gasteiger partial charge >= 0.3 is 0 Å². The zero-order chi connectivity index (χ0) is 25.6. The molecule has 2 saturated heterocycles. The van der Waals surface area contributed by atoms with Crippen molar-refractivity contribution in [1.82, 2.24) is 34.5 Å². The molecule has 17 heteroatoms. The molecule has 0 spiro atoms. The van der Waals surface area contributed by atoms with E-state index in [-0.39, 0.29) is 19.0 Å². The lowest BCUT2D eigenvalue weighted by Crippen LogP contribution is -2.59. The summed E-state index contributed by atoms with van der Waals surface area (Å²) < 4.78 is 19.4. The van der Waals surface area contributed by atoms with Crippen LogP contribution in [0.15, 0.2) is 18.9 Å². The maximum Gasteiger partial charge on any atom is 0.187 e. The molecule has 9 atom stereocenters. The normalized spacial score (nSPS) is 35.0. The summed E-state index contributed by atoms with van der Waals surface area (Å²) in [5.41, 5.74) is 6.81. The first-order valence-electron chi connectivity index (χ1n) is 11.0. The van der Waals surface area contributed by atoms with Crippen LogP contribution in [0.1, 0.15) is 11.9 Å². The summed E-state index contributed by atoms with van der Waals surface area (Å²) in [4.78, 5) is 12.1. The molecule has 3 aromatic rings. The first kappa shape index (κ1) is 24.8. The van der Waals surface area contributed by atoms with Crippen LogP contribution in [0.5, 0.6) is 0 Å². The van der Waals surface area contributed by atoms with E-state index in [9.17, 15) is 30.6 Å². The Morgan fingerprint density at radius 1 is 0.944 bits per heavy atom. The fraction of sp³-hybridized carbons (Fsp3) is 0.632. The summed E-state index contributed by atoms with van der Waals surface area (Å²) in [7, 11) is 0. The molecular formula is C19H26N8O9. The average molecular weight is 510 g/mol. The number of fused-ring (bicyclic) bond motifs is 1. The van der Waals surface area contributed by atoms with Crippen LogP contribution in [0.2, 0.25) is 0 Å². The summed E-state index contributed by atoms with van der Waals surface area (Å²) in [6, 6.07) is 0. The molecule has 2 aliphatic heterocycles. The second-order valence-corrected chi connectivity index (χ2v) is 8.57. The van der Waals surface area contributed by atoms with Crippen LogP contribution in [0.25, 0.3) is 11.2 Å². The third-order valence-corrected chi connectivity index (χ3v) is 6.20. The lowest BCUT2D eigenvalue weighted by molar-refractivity contribution is -0.304. The monoisotopic (exact) mass is 510 g/mol.